The zero-order valence-electron chi connectivity index (χ0n) is 15.0. The Labute approximate surface area is 156 Å². The summed E-state index contributed by atoms with van der Waals surface area (Å²) >= 11 is 0. The maximum atomic E-state index is 13.0. The van der Waals surface area contributed by atoms with Gasteiger partial charge in [-0.25, -0.2) is 13.2 Å². The van der Waals surface area contributed by atoms with Crippen molar-refractivity contribution in [2.24, 2.45) is 0 Å². The van der Waals surface area contributed by atoms with E-state index < -0.39 is 15.9 Å². The first-order valence-corrected chi connectivity index (χ1v) is 10.3. The molecule has 1 aliphatic heterocycles. The van der Waals surface area contributed by atoms with Crippen molar-refractivity contribution >= 4 is 26.8 Å². The van der Waals surface area contributed by atoms with Crippen molar-refractivity contribution in [2.45, 2.75) is 24.4 Å². The molecule has 0 aliphatic carbocycles. The number of imidazole rings is 1. The van der Waals surface area contributed by atoms with Crippen molar-refractivity contribution in [1.29, 1.82) is 0 Å². The number of nitrogens with one attached hydrogen (secondary N) is 1. The molecule has 0 saturated carbocycles. The van der Waals surface area contributed by atoms with E-state index in [4.69, 9.17) is 0 Å². The van der Waals surface area contributed by atoms with Gasteiger partial charge in [0.1, 0.15) is 0 Å². The van der Waals surface area contributed by atoms with Crippen molar-refractivity contribution < 1.29 is 13.2 Å². The smallest absolute Gasteiger partial charge is 0.326 e. The lowest BCUT2D eigenvalue weighted by molar-refractivity contribution is 0.0746. The molecule has 0 radical (unpaired) electrons. The normalized spacial score (nSPS) is 17.8. The Kier molecular flexibility index (Phi) is 3.96. The van der Waals surface area contributed by atoms with Crippen LogP contribution in [0.5, 0.6) is 0 Å². The summed E-state index contributed by atoms with van der Waals surface area (Å²) < 4.78 is 26.4. The minimum atomic E-state index is -3.40. The third-order valence-electron chi connectivity index (χ3n) is 5.12. The van der Waals surface area contributed by atoms with Gasteiger partial charge in [0.05, 0.1) is 27.7 Å². The molecule has 1 aliphatic rings. The molecule has 4 rings (SSSR count). The third kappa shape index (κ3) is 2.68. The molecule has 1 unspecified atom stereocenters. The molecule has 1 amide bonds. The van der Waals surface area contributed by atoms with Gasteiger partial charge in [-0.1, -0.05) is 18.2 Å². The summed E-state index contributed by atoms with van der Waals surface area (Å²) in [5.41, 5.74) is 2.15. The van der Waals surface area contributed by atoms with Gasteiger partial charge in [0.15, 0.2) is 9.84 Å². The monoisotopic (exact) mass is 385 g/mol. The topological polar surface area (TPSA) is 92.2 Å². The fraction of sp³-hybridized carbons (Fsp3) is 0.263. The Bertz CT molecular complexity index is 1220. The number of fused-ring (bicyclic) bond motifs is 2. The first-order valence-electron chi connectivity index (χ1n) is 8.65. The second-order valence-electron chi connectivity index (χ2n) is 6.66. The van der Waals surface area contributed by atoms with Gasteiger partial charge in [0.2, 0.25) is 0 Å². The van der Waals surface area contributed by atoms with Gasteiger partial charge in [0, 0.05) is 19.2 Å². The van der Waals surface area contributed by atoms with Crippen LogP contribution in [-0.4, -0.2) is 41.6 Å². The largest absolute Gasteiger partial charge is 0.334 e. The quantitative estimate of drug-likeness (QED) is 0.746. The van der Waals surface area contributed by atoms with Crippen LogP contribution >= 0.6 is 0 Å². The van der Waals surface area contributed by atoms with E-state index in [1.54, 1.807) is 54.1 Å². The van der Waals surface area contributed by atoms with Gasteiger partial charge >= 0.3 is 5.69 Å². The third-order valence-corrected chi connectivity index (χ3v) is 6.91. The predicted octanol–water partition coefficient (Wildman–Crippen LogP) is 1.95. The van der Waals surface area contributed by atoms with Crippen molar-refractivity contribution in [3.8, 4) is 0 Å². The molecule has 2 aromatic carbocycles. The van der Waals surface area contributed by atoms with Gasteiger partial charge in [-0.15, -0.1) is 0 Å². The summed E-state index contributed by atoms with van der Waals surface area (Å²) in [5.74, 6) is -0.411. The summed E-state index contributed by atoms with van der Waals surface area (Å²) in [5, 5.41) is 0. The SMILES string of the molecule is CCn1c(=O)[nH]c2ccc(C(=O)N(C)C3CS(=O)(=O)c4ccccc43)cc21. The van der Waals surface area contributed by atoms with Crippen molar-refractivity contribution in [1.82, 2.24) is 14.5 Å². The highest BCUT2D eigenvalue weighted by Gasteiger charge is 2.38. The Morgan fingerprint density at radius 1 is 1.26 bits per heavy atom. The first-order chi connectivity index (χ1) is 12.8. The summed E-state index contributed by atoms with van der Waals surface area (Å²) in [7, 11) is -1.79. The number of aromatic nitrogens is 2. The molecule has 7 nitrogen and oxygen atoms in total. The zero-order valence-corrected chi connectivity index (χ0v) is 15.8. The van der Waals surface area contributed by atoms with Crippen LogP contribution in [0.4, 0.5) is 0 Å². The highest BCUT2D eigenvalue weighted by atomic mass is 32.2. The van der Waals surface area contributed by atoms with Gasteiger partial charge in [-0.2, -0.15) is 0 Å². The maximum absolute atomic E-state index is 13.0. The lowest BCUT2D eigenvalue weighted by Crippen LogP contribution is -2.32. The molecule has 3 aromatic rings. The fourth-order valence-electron chi connectivity index (χ4n) is 3.69. The molecule has 2 heterocycles. The highest BCUT2D eigenvalue weighted by Crippen LogP contribution is 2.37. The number of hydrogen-bond donors (Lipinski definition) is 1. The fourth-order valence-corrected chi connectivity index (χ4v) is 5.54. The van der Waals surface area contributed by atoms with Crippen LogP contribution < -0.4 is 5.69 Å². The summed E-state index contributed by atoms with van der Waals surface area (Å²) in [6.45, 7) is 2.34. The van der Waals surface area contributed by atoms with Crippen LogP contribution in [0.3, 0.4) is 0 Å². The molecule has 27 heavy (non-hydrogen) atoms. The molecule has 1 atom stereocenters. The second kappa shape index (κ2) is 6.09. The number of H-pyrrole nitrogens is 1. The Morgan fingerprint density at radius 2 is 2.00 bits per heavy atom. The number of carbonyl (C=O) groups is 1. The molecule has 1 N–H and O–H groups in total. The van der Waals surface area contributed by atoms with E-state index in [-0.39, 0.29) is 22.2 Å². The number of sulfone groups is 1. The van der Waals surface area contributed by atoms with Crippen LogP contribution in [0.1, 0.15) is 28.9 Å². The lowest BCUT2D eigenvalue weighted by Gasteiger charge is -2.24. The molecule has 0 bridgehead atoms. The molecule has 8 heteroatoms. The average molecular weight is 385 g/mol. The maximum Gasteiger partial charge on any atom is 0.326 e. The van der Waals surface area contributed by atoms with Gasteiger partial charge in [0.25, 0.3) is 5.91 Å². The van der Waals surface area contributed by atoms with E-state index in [0.29, 0.717) is 28.7 Å². The van der Waals surface area contributed by atoms with Crippen LogP contribution in [0, 0.1) is 0 Å². The number of carbonyl (C=O) groups excluding carboxylic acids is 1. The van der Waals surface area contributed by atoms with Crippen LogP contribution in [0.2, 0.25) is 0 Å². The number of nitrogens with zero attached hydrogens (tertiary/aromatic N) is 2. The van der Waals surface area contributed by atoms with Crippen LogP contribution in [0.25, 0.3) is 11.0 Å². The van der Waals surface area contributed by atoms with E-state index in [1.165, 1.54) is 4.90 Å². The Hall–Kier alpha value is -2.87. The minimum Gasteiger partial charge on any atom is -0.334 e. The van der Waals surface area contributed by atoms with Gasteiger partial charge in [-0.3, -0.25) is 9.36 Å². The minimum absolute atomic E-state index is 0.124. The van der Waals surface area contributed by atoms with Crippen molar-refractivity contribution in [3.05, 3.63) is 64.1 Å². The Balaban J connectivity index is 1.73. The van der Waals surface area contributed by atoms with Crippen molar-refractivity contribution in [2.75, 3.05) is 12.8 Å². The second-order valence-corrected chi connectivity index (χ2v) is 8.66. The Morgan fingerprint density at radius 3 is 2.74 bits per heavy atom. The van der Waals surface area contributed by atoms with E-state index in [1.807, 2.05) is 6.92 Å². The van der Waals surface area contributed by atoms with E-state index in [9.17, 15) is 18.0 Å². The molecular formula is C19H19N3O4S. The van der Waals surface area contributed by atoms with Gasteiger partial charge < -0.3 is 9.88 Å². The van der Waals surface area contributed by atoms with Crippen LogP contribution in [-0.2, 0) is 16.4 Å². The number of rotatable bonds is 3. The average Bonchev–Trinajstić information content (AvgIpc) is 3.13. The molecule has 140 valence electrons. The molecule has 1 aromatic heterocycles. The number of amides is 1. The standard InChI is InChI=1S/C19H19N3O4S/c1-3-22-15-10-12(8-9-14(15)20-19(22)24)18(23)21(2)16-11-27(25,26)17-7-5-4-6-13(16)17/h4-10,16H,3,11H2,1-2H3,(H,20,24). The van der Waals surface area contributed by atoms with E-state index >= 15 is 0 Å². The summed E-state index contributed by atoms with van der Waals surface area (Å²) in [4.78, 5) is 29.5. The number of benzene rings is 2. The molecule has 0 saturated heterocycles. The van der Waals surface area contributed by atoms with Gasteiger partial charge in [-0.05, 0) is 36.8 Å². The van der Waals surface area contributed by atoms with Crippen molar-refractivity contribution in [3.63, 3.8) is 0 Å². The number of aromatic amines is 1. The number of hydrogen-bond acceptors (Lipinski definition) is 4. The zero-order chi connectivity index (χ0) is 19.3. The van der Waals surface area contributed by atoms with E-state index in [0.717, 1.165) is 0 Å². The van der Waals surface area contributed by atoms with Crippen LogP contribution in [0.15, 0.2) is 52.2 Å². The first kappa shape index (κ1) is 17.5. The lowest BCUT2D eigenvalue weighted by atomic mass is 10.1. The molecule has 0 fully saturated rings. The molecular weight excluding hydrogens is 366 g/mol. The van der Waals surface area contributed by atoms with E-state index in [2.05, 4.69) is 4.98 Å². The number of aryl methyl sites for hydroxylation is 1. The molecule has 0 spiro atoms. The highest BCUT2D eigenvalue weighted by molar-refractivity contribution is 7.91. The summed E-state index contributed by atoms with van der Waals surface area (Å²) in [6.07, 6.45) is 0. The summed E-state index contributed by atoms with van der Waals surface area (Å²) in [6, 6.07) is 11.3. The predicted molar refractivity (Wildman–Crippen MR) is 102 cm³/mol.